The van der Waals surface area contributed by atoms with Crippen molar-refractivity contribution < 1.29 is 19.5 Å². The summed E-state index contributed by atoms with van der Waals surface area (Å²) in [6.07, 6.45) is 1.37. The topological polar surface area (TPSA) is 81.8 Å². The van der Waals surface area contributed by atoms with Crippen molar-refractivity contribution >= 4 is 5.69 Å². The van der Waals surface area contributed by atoms with Crippen molar-refractivity contribution in [2.75, 3.05) is 13.2 Å². The SMILES string of the molecule is C=CCc1c([N+](=O)[O-])ccc2c1OC(CO)CO2. The minimum Gasteiger partial charge on any atom is -0.486 e. The van der Waals surface area contributed by atoms with Gasteiger partial charge in [0.2, 0.25) is 0 Å². The molecule has 0 radical (unpaired) electrons. The van der Waals surface area contributed by atoms with Crippen LogP contribution in [0.25, 0.3) is 0 Å². The van der Waals surface area contributed by atoms with Gasteiger partial charge in [-0.25, -0.2) is 0 Å². The first-order valence-electron chi connectivity index (χ1n) is 5.48. The van der Waals surface area contributed by atoms with Crippen molar-refractivity contribution in [3.05, 3.63) is 40.5 Å². The number of fused-ring (bicyclic) bond motifs is 1. The van der Waals surface area contributed by atoms with Gasteiger partial charge in [0.05, 0.1) is 17.1 Å². The molecule has 1 N–H and O–H groups in total. The largest absolute Gasteiger partial charge is 0.486 e. The summed E-state index contributed by atoms with van der Waals surface area (Å²) in [7, 11) is 0. The highest BCUT2D eigenvalue weighted by Gasteiger charge is 2.28. The van der Waals surface area contributed by atoms with Crippen molar-refractivity contribution in [1.82, 2.24) is 0 Å². The van der Waals surface area contributed by atoms with Gasteiger partial charge in [0.25, 0.3) is 5.69 Å². The fraction of sp³-hybridized carbons (Fsp3) is 0.333. The molecule has 0 aromatic heterocycles. The van der Waals surface area contributed by atoms with Crippen LogP contribution in [0.4, 0.5) is 5.69 Å². The van der Waals surface area contributed by atoms with Crippen molar-refractivity contribution in [2.45, 2.75) is 12.5 Å². The number of aliphatic hydroxyl groups excluding tert-OH is 1. The van der Waals surface area contributed by atoms with Gasteiger partial charge in [-0.2, -0.15) is 0 Å². The average molecular weight is 251 g/mol. The number of nitro benzene ring substituents is 1. The van der Waals surface area contributed by atoms with Crippen LogP contribution in [0.2, 0.25) is 0 Å². The maximum atomic E-state index is 11.0. The zero-order valence-corrected chi connectivity index (χ0v) is 9.67. The van der Waals surface area contributed by atoms with Crippen molar-refractivity contribution in [1.29, 1.82) is 0 Å². The number of benzene rings is 1. The molecule has 1 aliphatic rings. The second kappa shape index (κ2) is 5.05. The number of aliphatic hydroxyl groups is 1. The number of allylic oxidation sites excluding steroid dienone is 1. The predicted octanol–water partition coefficient (Wildman–Crippen LogP) is 1.46. The summed E-state index contributed by atoms with van der Waals surface area (Å²) in [5, 5.41) is 20.0. The van der Waals surface area contributed by atoms with E-state index in [0.717, 1.165) is 0 Å². The highest BCUT2D eigenvalue weighted by Crippen LogP contribution is 2.40. The van der Waals surface area contributed by atoms with Crippen LogP contribution in [0, 0.1) is 10.1 Å². The van der Waals surface area contributed by atoms with Crippen molar-refractivity contribution in [2.24, 2.45) is 0 Å². The number of hydrogen-bond donors (Lipinski definition) is 1. The minimum atomic E-state index is -0.497. The summed E-state index contributed by atoms with van der Waals surface area (Å²) in [5.41, 5.74) is 0.390. The van der Waals surface area contributed by atoms with E-state index in [1.807, 2.05) is 0 Å². The molecule has 1 aromatic rings. The molecule has 18 heavy (non-hydrogen) atoms. The maximum absolute atomic E-state index is 11.0. The quantitative estimate of drug-likeness (QED) is 0.497. The van der Waals surface area contributed by atoms with E-state index in [0.29, 0.717) is 23.5 Å². The Balaban J connectivity index is 2.50. The van der Waals surface area contributed by atoms with Crippen LogP contribution in [0.1, 0.15) is 5.56 Å². The summed E-state index contributed by atoms with van der Waals surface area (Å²) < 4.78 is 10.9. The molecule has 6 heteroatoms. The number of nitrogens with zero attached hydrogens (tertiary/aromatic N) is 1. The van der Waals surface area contributed by atoms with Gasteiger partial charge in [0.15, 0.2) is 17.6 Å². The lowest BCUT2D eigenvalue weighted by atomic mass is 10.1. The Kier molecular flexibility index (Phi) is 3.47. The van der Waals surface area contributed by atoms with Crippen LogP contribution < -0.4 is 9.47 Å². The predicted molar refractivity (Wildman–Crippen MR) is 64.0 cm³/mol. The highest BCUT2D eigenvalue weighted by atomic mass is 16.6. The van der Waals surface area contributed by atoms with Crippen LogP contribution >= 0.6 is 0 Å². The van der Waals surface area contributed by atoms with E-state index >= 15 is 0 Å². The second-order valence-electron chi connectivity index (χ2n) is 3.87. The summed E-state index contributed by atoms with van der Waals surface area (Å²) in [4.78, 5) is 10.5. The molecule has 0 amide bonds. The van der Waals surface area contributed by atoms with E-state index in [4.69, 9.17) is 14.6 Å². The molecule has 0 bridgehead atoms. The first kappa shape index (κ1) is 12.4. The average Bonchev–Trinajstić information content (AvgIpc) is 2.38. The number of nitro groups is 1. The number of ether oxygens (including phenoxy) is 2. The summed E-state index contributed by atoms with van der Waals surface area (Å²) in [5.74, 6) is 0.788. The van der Waals surface area contributed by atoms with Gasteiger partial charge in [-0.3, -0.25) is 10.1 Å². The van der Waals surface area contributed by atoms with Crippen molar-refractivity contribution in [3.63, 3.8) is 0 Å². The Labute approximate surface area is 104 Å². The van der Waals surface area contributed by atoms with E-state index < -0.39 is 11.0 Å². The normalized spacial score (nSPS) is 17.3. The monoisotopic (exact) mass is 251 g/mol. The molecule has 2 rings (SSSR count). The van der Waals surface area contributed by atoms with E-state index in [9.17, 15) is 10.1 Å². The standard InChI is InChI=1S/C12H13NO5/c1-2-3-9-10(13(15)16)4-5-11-12(9)18-8(6-14)7-17-11/h2,4-5,8,14H,1,3,6-7H2. The maximum Gasteiger partial charge on any atom is 0.276 e. The molecule has 96 valence electrons. The lowest BCUT2D eigenvalue weighted by molar-refractivity contribution is -0.385. The second-order valence-corrected chi connectivity index (χ2v) is 3.87. The van der Waals surface area contributed by atoms with Crippen molar-refractivity contribution in [3.8, 4) is 11.5 Å². The van der Waals surface area contributed by atoms with Gasteiger partial charge in [0.1, 0.15) is 6.61 Å². The Morgan fingerprint density at radius 2 is 2.39 bits per heavy atom. The molecule has 1 heterocycles. The Hall–Kier alpha value is -2.08. The molecule has 0 fully saturated rings. The Morgan fingerprint density at radius 3 is 3.00 bits per heavy atom. The smallest absolute Gasteiger partial charge is 0.276 e. The van der Waals surface area contributed by atoms with Gasteiger partial charge in [0, 0.05) is 12.5 Å². The zero-order chi connectivity index (χ0) is 13.1. The molecule has 1 unspecified atom stereocenters. The zero-order valence-electron chi connectivity index (χ0n) is 9.67. The van der Waals surface area contributed by atoms with E-state index in [-0.39, 0.29) is 18.9 Å². The van der Waals surface area contributed by atoms with Gasteiger partial charge in [-0.15, -0.1) is 6.58 Å². The van der Waals surface area contributed by atoms with E-state index in [1.54, 1.807) is 6.08 Å². The molecule has 0 saturated heterocycles. The van der Waals surface area contributed by atoms with Gasteiger partial charge >= 0.3 is 0 Å². The third-order valence-electron chi connectivity index (χ3n) is 2.66. The van der Waals surface area contributed by atoms with Gasteiger partial charge < -0.3 is 14.6 Å². The Morgan fingerprint density at radius 1 is 1.61 bits per heavy atom. The molecule has 1 aliphatic heterocycles. The molecule has 0 aliphatic carbocycles. The molecule has 0 spiro atoms. The van der Waals surface area contributed by atoms with Crippen LogP contribution in [0.15, 0.2) is 24.8 Å². The fourth-order valence-corrected chi connectivity index (χ4v) is 1.82. The number of hydrogen-bond acceptors (Lipinski definition) is 5. The summed E-state index contributed by atoms with van der Waals surface area (Å²) in [6.45, 7) is 3.61. The minimum absolute atomic E-state index is 0.0316. The van der Waals surface area contributed by atoms with Gasteiger partial charge in [-0.05, 0) is 6.07 Å². The molecule has 0 saturated carbocycles. The van der Waals surface area contributed by atoms with Gasteiger partial charge in [-0.1, -0.05) is 6.08 Å². The van der Waals surface area contributed by atoms with Crippen LogP contribution in [-0.4, -0.2) is 29.3 Å². The first-order chi connectivity index (χ1) is 8.67. The summed E-state index contributed by atoms with van der Waals surface area (Å²) in [6, 6.07) is 2.90. The third kappa shape index (κ3) is 2.14. The highest BCUT2D eigenvalue weighted by molar-refractivity contribution is 5.58. The first-order valence-corrected chi connectivity index (χ1v) is 5.48. The molecule has 1 atom stereocenters. The molecule has 1 aromatic carbocycles. The summed E-state index contributed by atoms with van der Waals surface area (Å²) >= 11 is 0. The lowest BCUT2D eigenvalue weighted by Crippen LogP contribution is -2.32. The Bertz CT molecular complexity index is 486. The van der Waals surface area contributed by atoms with E-state index in [2.05, 4.69) is 6.58 Å². The third-order valence-corrected chi connectivity index (χ3v) is 2.66. The van der Waals surface area contributed by atoms with Crippen LogP contribution in [0.3, 0.4) is 0 Å². The number of rotatable bonds is 4. The van der Waals surface area contributed by atoms with E-state index in [1.165, 1.54) is 12.1 Å². The molecule has 6 nitrogen and oxygen atoms in total. The molecular weight excluding hydrogens is 238 g/mol. The molecular formula is C12H13NO5. The lowest BCUT2D eigenvalue weighted by Gasteiger charge is -2.26. The fourth-order valence-electron chi connectivity index (χ4n) is 1.82. The van der Waals surface area contributed by atoms with Crippen LogP contribution in [-0.2, 0) is 6.42 Å². The van der Waals surface area contributed by atoms with Crippen LogP contribution in [0.5, 0.6) is 11.5 Å².